The molecule has 8 heteroatoms. The Kier molecular flexibility index (Phi) is 13.4. The number of halogens is 5. The maximum atomic E-state index is 12.9. The average molecular weight is 621 g/mol. The van der Waals surface area contributed by atoms with Crippen LogP contribution in [0.2, 0.25) is 0 Å². The predicted molar refractivity (Wildman–Crippen MR) is 163 cm³/mol. The molecule has 5 unspecified atom stereocenters. The van der Waals surface area contributed by atoms with E-state index in [-0.39, 0.29) is 17.9 Å². The maximum absolute atomic E-state index is 12.9. The number of hydrogen-bond acceptors (Lipinski definition) is 3. The van der Waals surface area contributed by atoms with Gasteiger partial charge in [-0.2, -0.15) is 33.7 Å². The van der Waals surface area contributed by atoms with Crippen LogP contribution in [0, 0.1) is 23.2 Å². The van der Waals surface area contributed by atoms with Gasteiger partial charge in [0.05, 0.1) is 6.10 Å². The molecule has 0 heterocycles. The molecule has 0 amide bonds. The van der Waals surface area contributed by atoms with Crippen molar-refractivity contribution >= 4 is 11.8 Å². The number of rotatable bonds is 14. The van der Waals surface area contributed by atoms with Crippen LogP contribution in [0.4, 0.5) is 22.0 Å². The van der Waals surface area contributed by atoms with Gasteiger partial charge < -0.3 is 10.2 Å². The van der Waals surface area contributed by atoms with Crippen molar-refractivity contribution in [1.82, 2.24) is 0 Å². The number of aromatic hydroxyl groups is 1. The molecule has 3 aliphatic rings. The molecule has 2 saturated carbocycles. The molecule has 0 spiro atoms. The highest BCUT2D eigenvalue weighted by atomic mass is 32.2. The molecule has 2 N–H and O–H groups in total. The molecule has 0 aromatic heterocycles. The Morgan fingerprint density at radius 3 is 2.21 bits per heavy atom. The van der Waals surface area contributed by atoms with E-state index in [1.54, 1.807) is 0 Å². The number of fused-ring (bicyclic) bond motifs is 5. The van der Waals surface area contributed by atoms with Crippen LogP contribution in [0.3, 0.4) is 0 Å². The summed E-state index contributed by atoms with van der Waals surface area (Å²) in [4.78, 5) is 0. The topological polar surface area (TPSA) is 40.5 Å². The lowest BCUT2D eigenvalue weighted by Gasteiger charge is -2.53. The highest BCUT2D eigenvalue weighted by Crippen LogP contribution is 2.62. The zero-order valence-electron chi connectivity index (χ0n) is 25.8. The average Bonchev–Trinajstić information content (AvgIpc) is 3.25. The van der Waals surface area contributed by atoms with Crippen molar-refractivity contribution in [1.29, 1.82) is 0 Å². The molecule has 2 nitrogen and oxygen atoms in total. The summed E-state index contributed by atoms with van der Waals surface area (Å²) in [5.41, 5.74) is 2.79. The molecule has 0 radical (unpaired) electrons. The Morgan fingerprint density at radius 2 is 1.52 bits per heavy atom. The summed E-state index contributed by atoms with van der Waals surface area (Å²) in [6.07, 6.45) is 7.56. The molecular formula is C34H53F5O2S. The summed E-state index contributed by atoms with van der Waals surface area (Å²) in [5.74, 6) is -0.730. The van der Waals surface area contributed by atoms with E-state index in [0.29, 0.717) is 35.2 Å². The molecule has 242 valence electrons. The molecule has 1 aromatic carbocycles. The lowest BCUT2D eigenvalue weighted by molar-refractivity contribution is -0.284. The first-order chi connectivity index (χ1) is 19.9. The van der Waals surface area contributed by atoms with E-state index in [9.17, 15) is 32.2 Å². The van der Waals surface area contributed by atoms with Crippen LogP contribution in [0.1, 0.15) is 128 Å². The molecule has 0 aliphatic heterocycles. The smallest absolute Gasteiger partial charge is 0.453 e. The van der Waals surface area contributed by atoms with E-state index >= 15 is 0 Å². The second-order valence-electron chi connectivity index (χ2n) is 13.0. The first kappa shape index (κ1) is 35.5. The van der Waals surface area contributed by atoms with Crippen LogP contribution >= 0.6 is 11.8 Å². The minimum absolute atomic E-state index is 0.0419. The van der Waals surface area contributed by atoms with Crippen molar-refractivity contribution in [3.05, 3.63) is 29.3 Å². The quantitative estimate of drug-likeness (QED) is 0.161. The van der Waals surface area contributed by atoms with Gasteiger partial charge >= 0.3 is 12.1 Å². The second-order valence-corrected chi connectivity index (χ2v) is 14.2. The summed E-state index contributed by atoms with van der Waals surface area (Å²) in [6, 6.07) is 5.97. The monoisotopic (exact) mass is 620 g/mol. The standard InChI is InChI=1S/C32H47F5O2S.C2H6/c1-30-17-15-26-25-12-11-24(38)21-23(25)20-22(29(26)27(30)13-14-28(30)39)10-7-5-3-2-4-6-8-18-40-19-9-16-31(33,34)32(35,36)37;1-2/h11-12,21-22,26-29,38-39H,2-10,13-20H2,1H3;1-2H3/t22-,26?,27?,28?,29?,30?;/m1./s1. The van der Waals surface area contributed by atoms with Gasteiger partial charge in [0.25, 0.3) is 0 Å². The van der Waals surface area contributed by atoms with Crippen molar-refractivity contribution in [3.63, 3.8) is 0 Å². The van der Waals surface area contributed by atoms with Crippen molar-refractivity contribution in [2.75, 3.05) is 11.5 Å². The van der Waals surface area contributed by atoms with Crippen molar-refractivity contribution < 1.29 is 32.2 Å². The molecule has 1 aromatic rings. The summed E-state index contributed by atoms with van der Waals surface area (Å²) in [7, 11) is 0. The van der Waals surface area contributed by atoms with Gasteiger partial charge in [0.1, 0.15) is 5.75 Å². The number of benzene rings is 1. The van der Waals surface area contributed by atoms with Crippen molar-refractivity contribution in [2.45, 2.75) is 141 Å². The van der Waals surface area contributed by atoms with Crippen LogP contribution in [-0.4, -0.2) is 39.9 Å². The molecule has 0 saturated heterocycles. The minimum Gasteiger partial charge on any atom is -0.508 e. The molecule has 0 bridgehead atoms. The third-order valence-corrected chi connectivity index (χ3v) is 11.5. The molecule has 3 aliphatic carbocycles. The van der Waals surface area contributed by atoms with Crippen LogP contribution in [0.25, 0.3) is 0 Å². The van der Waals surface area contributed by atoms with E-state index in [1.165, 1.54) is 55.0 Å². The Balaban J connectivity index is 0.00000237. The van der Waals surface area contributed by atoms with Crippen molar-refractivity contribution in [2.24, 2.45) is 23.2 Å². The molecule has 4 rings (SSSR count). The Bertz CT molecular complexity index is 954. The normalized spacial score (nSPS) is 28.8. The summed E-state index contributed by atoms with van der Waals surface area (Å²) in [5, 5.41) is 21.0. The Labute approximate surface area is 254 Å². The van der Waals surface area contributed by atoms with Crippen LogP contribution < -0.4 is 0 Å². The number of aliphatic hydroxyl groups excluding tert-OH is 1. The minimum atomic E-state index is -5.44. The maximum Gasteiger partial charge on any atom is 0.453 e. The van der Waals surface area contributed by atoms with Crippen molar-refractivity contribution in [3.8, 4) is 5.75 Å². The fourth-order valence-electron chi connectivity index (χ4n) is 8.17. The zero-order valence-corrected chi connectivity index (χ0v) is 26.6. The van der Waals surface area contributed by atoms with E-state index in [2.05, 4.69) is 13.0 Å². The fourth-order valence-corrected chi connectivity index (χ4v) is 9.13. The van der Waals surface area contributed by atoms with E-state index in [4.69, 9.17) is 0 Å². The number of aliphatic hydroxyl groups is 1. The van der Waals surface area contributed by atoms with Gasteiger partial charge in [-0.1, -0.05) is 65.4 Å². The van der Waals surface area contributed by atoms with Gasteiger partial charge in [0.2, 0.25) is 0 Å². The molecule has 2 fully saturated rings. The lowest BCUT2D eigenvalue weighted by atomic mass is 9.52. The Hall–Kier alpha value is -1.02. The number of phenolic OH excluding ortho intramolecular Hbond substituents is 1. The number of thioether (sulfide) groups is 1. The third-order valence-electron chi connectivity index (χ3n) is 10.4. The van der Waals surface area contributed by atoms with Gasteiger partial charge in [-0.05, 0) is 115 Å². The predicted octanol–water partition coefficient (Wildman–Crippen LogP) is 10.7. The first-order valence-electron chi connectivity index (χ1n) is 16.5. The van der Waals surface area contributed by atoms with Gasteiger partial charge in [0, 0.05) is 6.42 Å². The fraction of sp³-hybridized carbons (Fsp3) is 0.824. The largest absolute Gasteiger partial charge is 0.508 e. The van der Waals surface area contributed by atoms with Gasteiger partial charge in [-0.3, -0.25) is 0 Å². The van der Waals surface area contributed by atoms with Crippen LogP contribution in [-0.2, 0) is 6.42 Å². The van der Waals surface area contributed by atoms with Crippen LogP contribution in [0.15, 0.2) is 18.2 Å². The number of unbranched alkanes of at least 4 members (excludes halogenated alkanes) is 6. The Morgan fingerprint density at radius 1 is 0.881 bits per heavy atom. The zero-order chi connectivity index (χ0) is 31.0. The SMILES string of the molecule is CC.CC12CCC3c4ccc(O)cc4C[C@@H](CCCCCCCCCSCCCC(F)(F)C(F)(F)F)C3C1CCC2O. The molecule has 42 heavy (non-hydrogen) atoms. The van der Waals surface area contributed by atoms with Crippen LogP contribution in [0.5, 0.6) is 5.75 Å². The van der Waals surface area contributed by atoms with E-state index in [0.717, 1.165) is 57.1 Å². The number of alkyl halides is 5. The van der Waals surface area contributed by atoms with Gasteiger partial charge in [0.15, 0.2) is 0 Å². The third kappa shape index (κ3) is 8.57. The molecular weight excluding hydrogens is 567 g/mol. The summed E-state index contributed by atoms with van der Waals surface area (Å²) >= 11 is 1.47. The highest BCUT2D eigenvalue weighted by Gasteiger charge is 2.57. The number of hydrogen-bond donors (Lipinski definition) is 2. The second kappa shape index (κ2) is 15.8. The van der Waals surface area contributed by atoms with Gasteiger partial charge in [-0.15, -0.1) is 0 Å². The molecule has 6 atom stereocenters. The summed E-state index contributed by atoms with van der Waals surface area (Å²) < 4.78 is 62.4. The number of phenols is 1. The summed E-state index contributed by atoms with van der Waals surface area (Å²) in [6.45, 7) is 6.32. The van der Waals surface area contributed by atoms with Gasteiger partial charge in [-0.25, -0.2) is 0 Å². The highest BCUT2D eigenvalue weighted by molar-refractivity contribution is 7.99. The first-order valence-corrected chi connectivity index (χ1v) is 17.6. The van der Waals surface area contributed by atoms with E-state index in [1.807, 2.05) is 26.0 Å². The lowest BCUT2D eigenvalue weighted by Crippen LogP contribution is -2.47. The van der Waals surface area contributed by atoms with E-state index < -0.39 is 18.5 Å².